The van der Waals surface area contributed by atoms with Crippen LogP contribution < -0.4 is 0 Å². The number of benzene rings is 1. The molecule has 3 rings (SSSR count). The van der Waals surface area contributed by atoms with Gasteiger partial charge in [0.1, 0.15) is 0 Å². The first-order valence-electron chi connectivity index (χ1n) is 8.66. The SMILES string of the molecule is CCCCC1=C[CH]([Zr]([CH3])([CH3])(=[SiH2])[C]2=CC=CC2)c2ccccc21.Cl.Cl. The fraction of sp³-hybridized carbons (Fsp3) is 0.400. The summed E-state index contributed by atoms with van der Waals surface area (Å²) in [7, 11) is 0. The Labute approximate surface area is 162 Å². The van der Waals surface area contributed by atoms with Crippen molar-refractivity contribution in [2.75, 3.05) is 0 Å². The van der Waals surface area contributed by atoms with E-state index in [0.29, 0.717) is 3.63 Å². The van der Waals surface area contributed by atoms with E-state index < -0.39 is 17.4 Å². The maximum Gasteiger partial charge on any atom is -0.147 e. The van der Waals surface area contributed by atoms with E-state index in [4.69, 9.17) is 0 Å². The minimum atomic E-state index is -2.93. The van der Waals surface area contributed by atoms with Gasteiger partial charge in [0.15, 0.2) is 0 Å². The van der Waals surface area contributed by atoms with Gasteiger partial charge in [-0.3, -0.25) is 0 Å². The number of hydrogen-bond acceptors (Lipinski definition) is 0. The van der Waals surface area contributed by atoms with Crippen LogP contribution in [0.2, 0.25) is 9.26 Å². The molecule has 0 aromatic heterocycles. The Morgan fingerprint density at radius 1 is 1.17 bits per heavy atom. The number of allylic oxidation sites excluding steroid dienone is 6. The molecule has 132 valence electrons. The van der Waals surface area contributed by atoms with Crippen molar-refractivity contribution in [2.24, 2.45) is 0 Å². The van der Waals surface area contributed by atoms with Crippen molar-refractivity contribution in [3.63, 3.8) is 0 Å². The van der Waals surface area contributed by atoms with Gasteiger partial charge in [0.25, 0.3) is 0 Å². The molecule has 0 heterocycles. The van der Waals surface area contributed by atoms with Crippen LogP contribution in [-0.4, -0.2) is 6.88 Å². The van der Waals surface area contributed by atoms with Crippen molar-refractivity contribution in [1.82, 2.24) is 0 Å². The third-order valence-electron chi connectivity index (χ3n) is 5.63. The van der Waals surface area contributed by atoms with Crippen molar-refractivity contribution in [3.8, 4) is 0 Å². The van der Waals surface area contributed by atoms with Gasteiger partial charge in [0, 0.05) is 0 Å². The van der Waals surface area contributed by atoms with E-state index in [1.165, 1.54) is 25.7 Å². The van der Waals surface area contributed by atoms with E-state index in [1.807, 2.05) is 0 Å². The molecule has 0 nitrogen and oxygen atoms in total. The molecule has 24 heavy (non-hydrogen) atoms. The van der Waals surface area contributed by atoms with E-state index in [2.05, 4.69) is 71.6 Å². The van der Waals surface area contributed by atoms with Crippen LogP contribution in [0.3, 0.4) is 0 Å². The molecule has 0 fully saturated rings. The zero-order chi connectivity index (χ0) is 15.8. The van der Waals surface area contributed by atoms with Gasteiger partial charge >= 0.3 is 138 Å². The topological polar surface area (TPSA) is 0 Å². The van der Waals surface area contributed by atoms with Crippen molar-refractivity contribution in [3.05, 3.63) is 63.0 Å². The summed E-state index contributed by atoms with van der Waals surface area (Å²) < 4.78 is 7.76. The van der Waals surface area contributed by atoms with Crippen molar-refractivity contribution < 1.29 is 17.4 Å². The normalized spacial score (nSPS) is 19.1. The van der Waals surface area contributed by atoms with Gasteiger partial charge in [0.2, 0.25) is 0 Å². The summed E-state index contributed by atoms with van der Waals surface area (Å²) in [6.45, 7) is 4.68. The molecule has 4 heteroatoms. The molecule has 0 saturated heterocycles. The van der Waals surface area contributed by atoms with E-state index >= 15 is 0 Å². The average molecular weight is 461 g/mol. The number of unbranched alkanes of at least 4 members (excludes halogenated alkanes) is 1. The Morgan fingerprint density at radius 2 is 1.88 bits per heavy atom. The van der Waals surface area contributed by atoms with Crippen molar-refractivity contribution in [1.29, 1.82) is 0 Å². The molecule has 1 unspecified atom stereocenters. The number of rotatable bonds is 5. The van der Waals surface area contributed by atoms with Gasteiger partial charge < -0.3 is 0 Å². The van der Waals surface area contributed by atoms with Crippen LogP contribution in [0.1, 0.15) is 47.4 Å². The van der Waals surface area contributed by atoms with Gasteiger partial charge in [-0.15, -0.1) is 24.8 Å². The van der Waals surface area contributed by atoms with Gasteiger partial charge in [-0.05, 0) is 0 Å². The summed E-state index contributed by atoms with van der Waals surface area (Å²) in [5.41, 5.74) is 4.78. The summed E-state index contributed by atoms with van der Waals surface area (Å²) in [6, 6.07) is 9.20. The predicted octanol–water partition coefficient (Wildman–Crippen LogP) is 6.34. The first-order valence-corrected chi connectivity index (χ1v) is 22.1. The molecule has 2 aliphatic rings. The summed E-state index contributed by atoms with van der Waals surface area (Å²) in [5, 5.41) is 0. The Kier molecular flexibility index (Phi) is 7.58. The minimum Gasteiger partial charge on any atom is -0.147 e. The van der Waals surface area contributed by atoms with Gasteiger partial charge in [-0.1, -0.05) is 0 Å². The predicted molar refractivity (Wildman–Crippen MR) is 113 cm³/mol. The second-order valence-corrected chi connectivity index (χ2v) is 37.8. The molecule has 0 spiro atoms. The minimum absolute atomic E-state index is 0. The molecule has 1 atom stereocenters. The average Bonchev–Trinajstić information content (AvgIpc) is 3.14. The molecule has 0 N–H and O–H groups in total. The number of hydrogen-bond donors (Lipinski definition) is 0. The molecule has 0 bridgehead atoms. The quantitative estimate of drug-likeness (QED) is 0.450. The van der Waals surface area contributed by atoms with Crippen LogP contribution in [0.25, 0.3) is 5.57 Å². The van der Waals surface area contributed by atoms with E-state index in [-0.39, 0.29) is 24.8 Å². The second-order valence-electron chi connectivity index (χ2n) is 7.99. The van der Waals surface area contributed by atoms with Gasteiger partial charge in [-0.2, -0.15) is 0 Å². The molecule has 0 aliphatic heterocycles. The molecular weight excluding hydrogens is 430 g/mol. The van der Waals surface area contributed by atoms with Crippen LogP contribution in [-0.2, 0) is 17.4 Å². The van der Waals surface area contributed by atoms with Crippen molar-refractivity contribution >= 4 is 37.3 Å². The first kappa shape index (κ1) is 22.2. The standard InChI is InChI=1S/C13H15.C5H5.2CH3.2ClH.H2Si.Zr/c1-2-3-6-11-9-10-12-7-4-5-8-13(11)12;1-2-4-5-3-1;;;;;;/h4-5,7-10H,2-3,6H2,1H3;1-3H,4H2;2*1H3;2*1H;1H2;. The monoisotopic (exact) mass is 458 g/mol. The van der Waals surface area contributed by atoms with Crippen molar-refractivity contribution in [2.45, 2.75) is 45.5 Å². The second kappa shape index (κ2) is 8.21. The maximum atomic E-state index is 2.66. The van der Waals surface area contributed by atoms with E-state index in [1.54, 1.807) is 20.0 Å². The fourth-order valence-corrected chi connectivity index (χ4v) is 17.0. The van der Waals surface area contributed by atoms with Gasteiger partial charge in [-0.25, -0.2) is 0 Å². The van der Waals surface area contributed by atoms with Gasteiger partial charge in [0.05, 0.1) is 0 Å². The smallest absolute Gasteiger partial charge is 0.147 e. The van der Waals surface area contributed by atoms with Crippen LogP contribution in [0.4, 0.5) is 0 Å². The molecule has 0 amide bonds. The Hall–Kier alpha value is 0.120. The molecule has 1 aromatic carbocycles. The first-order chi connectivity index (χ1) is 10.4. The third kappa shape index (κ3) is 3.93. The van der Waals surface area contributed by atoms with Crippen LogP contribution in [0.5, 0.6) is 0 Å². The Morgan fingerprint density at radius 3 is 2.50 bits per heavy atom. The summed E-state index contributed by atoms with van der Waals surface area (Å²) >= 11 is -2.93. The number of fused-ring (bicyclic) bond motifs is 1. The van der Waals surface area contributed by atoms with Crippen LogP contribution >= 0.6 is 24.8 Å². The Bertz CT molecular complexity index is 753. The zero-order valence-electron chi connectivity index (χ0n) is 15.0. The van der Waals surface area contributed by atoms with Crippen LogP contribution in [0, 0.1) is 0 Å². The molecule has 0 radical (unpaired) electrons. The Balaban J connectivity index is 0.00000144. The molecule has 2 aliphatic carbocycles. The molecular formula is C20H30Cl2SiZr. The molecule has 1 aromatic rings. The summed E-state index contributed by atoms with van der Waals surface area (Å²) in [5.74, 6) is 0. The van der Waals surface area contributed by atoms with E-state index in [0.717, 1.165) is 0 Å². The number of halogens is 2. The molecule has 0 saturated carbocycles. The maximum absolute atomic E-state index is 2.93. The third-order valence-corrected chi connectivity index (χ3v) is 23.1. The largest absolute Gasteiger partial charge is 0.147 e. The fourth-order valence-electron chi connectivity index (χ4n) is 4.05. The zero-order valence-corrected chi connectivity index (χ0v) is 20.6. The summed E-state index contributed by atoms with van der Waals surface area (Å²) in [4.78, 5) is 0. The van der Waals surface area contributed by atoms with Crippen LogP contribution in [0.15, 0.2) is 51.9 Å². The summed E-state index contributed by atoms with van der Waals surface area (Å²) in [6.07, 6.45) is 14.7. The van der Waals surface area contributed by atoms with E-state index in [9.17, 15) is 0 Å².